The molecule has 3 N–H and O–H groups in total. The molecule has 0 aliphatic heterocycles. The quantitative estimate of drug-likeness (QED) is 0.476. The van der Waals surface area contributed by atoms with Crippen molar-refractivity contribution in [3.05, 3.63) is 71.8 Å². The molecule has 8 heteroatoms. The minimum absolute atomic E-state index is 0.0836. The number of carboxylic acid groups (broad SMARTS) is 1. The van der Waals surface area contributed by atoms with Crippen LogP contribution in [0.2, 0.25) is 0 Å². The molecular formula is C27H30N2O6. The van der Waals surface area contributed by atoms with Crippen molar-refractivity contribution in [2.45, 2.75) is 37.3 Å². The number of rotatable bonds is 9. The number of hydrogen-bond acceptors (Lipinski definition) is 5. The molecule has 0 aromatic heterocycles. The summed E-state index contributed by atoms with van der Waals surface area (Å²) < 4.78 is 10.7. The first-order valence-corrected chi connectivity index (χ1v) is 11.8. The first-order valence-electron chi connectivity index (χ1n) is 11.8. The van der Waals surface area contributed by atoms with Crippen molar-refractivity contribution in [3.63, 3.8) is 0 Å². The zero-order valence-corrected chi connectivity index (χ0v) is 19.6. The Morgan fingerprint density at radius 1 is 1.06 bits per heavy atom. The number of ether oxygens (including phenoxy) is 2. The van der Waals surface area contributed by atoms with E-state index in [1.54, 1.807) is 12.2 Å². The lowest BCUT2D eigenvalue weighted by atomic mass is 9.91. The summed E-state index contributed by atoms with van der Waals surface area (Å²) in [6.07, 6.45) is 3.86. The first kappa shape index (κ1) is 24.5. The zero-order valence-electron chi connectivity index (χ0n) is 19.6. The van der Waals surface area contributed by atoms with Gasteiger partial charge in [-0.25, -0.2) is 4.79 Å². The average Bonchev–Trinajstić information content (AvgIpc) is 3.19. The molecule has 0 fully saturated rings. The van der Waals surface area contributed by atoms with Crippen molar-refractivity contribution in [1.29, 1.82) is 0 Å². The molecule has 0 saturated heterocycles. The number of methoxy groups -OCH3 is 1. The minimum Gasteiger partial charge on any atom is -0.481 e. The maximum atomic E-state index is 12.9. The lowest BCUT2D eigenvalue weighted by Gasteiger charge is -2.25. The molecule has 1 unspecified atom stereocenters. The molecule has 4 rings (SSSR count). The van der Waals surface area contributed by atoms with Gasteiger partial charge >= 0.3 is 12.1 Å². The molecule has 0 heterocycles. The van der Waals surface area contributed by atoms with E-state index in [0.29, 0.717) is 12.8 Å². The number of hydrogen-bond donors (Lipinski definition) is 3. The highest BCUT2D eigenvalue weighted by atomic mass is 16.5. The number of benzene rings is 2. The van der Waals surface area contributed by atoms with Gasteiger partial charge in [-0.1, -0.05) is 60.7 Å². The predicted octanol–water partition coefficient (Wildman–Crippen LogP) is 3.47. The van der Waals surface area contributed by atoms with Crippen LogP contribution >= 0.6 is 0 Å². The molecule has 0 saturated carbocycles. The van der Waals surface area contributed by atoms with E-state index in [1.165, 1.54) is 7.11 Å². The number of aliphatic carboxylic acids is 1. The number of allylic oxidation sites excluding steroid dienone is 1. The van der Waals surface area contributed by atoms with E-state index < -0.39 is 36.0 Å². The van der Waals surface area contributed by atoms with Gasteiger partial charge in [0.1, 0.15) is 12.6 Å². The Morgan fingerprint density at radius 3 is 2.34 bits per heavy atom. The second-order valence-electron chi connectivity index (χ2n) is 8.85. The first-order chi connectivity index (χ1) is 17.0. The molecule has 3 atom stereocenters. The van der Waals surface area contributed by atoms with E-state index in [1.807, 2.05) is 36.4 Å². The van der Waals surface area contributed by atoms with Crippen LogP contribution in [0, 0.1) is 5.92 Å². The number of alkyl carbamates (subject to hydrolysis) is 1. The van der Waals surface area contributed by atoms with Crippen LogP contribution in [-0.4, -0.2) is 55.5 Å². The van der Waals surface area contributed by atoms with Crippen molar-refractivity contribution in [2.75, 3.05) is 20.3 Å². The Hall–Kier alpha value is -3.65. The number of carboxylic acids is 1. The molecule has 35 heavy (non-hydrogen) atoms. The van der Waals surface area contributed by atoms with Crippen molar-refractivity contribution >= 4 is 18.0 Å². The average molecular weight is 479 g/mol. The molecule has 184 valence electrons. The van der Waals surface area contributed by atoms with E-state index in [0.717, 1.165) is 22.3 Å². The third-order valence-electron chi connectivity index (χ3n) is 6.57. The molecule has 2 aromatic carbocycles. The minimum atomic E-state index is -0.888. The fraction of sp³-hybridized carbons (Fsp3) is 0.370. The van der Waals surface area contributed by atoms with E-state index in [4.69, 9.17) is 9.47 Å². The molecule has 2 aliphatic carbocycles. The molecule has 2 amide bonds. The molecule has 0 spiro atoms. The van der Waals surface area contributed by atoms with E-state index in [9.17, 15) is 19.5 Å². The van der Waals surface area contributed by atoms with Crippen LogP contribution < -0.4 is 10.6 Å². The monoisotopic (exact) mass is 478 g/mol. The fourth-order valence-corrected chi connectivity index (χ4v) is 4.77. The number of fused-ring (bicyclic) bond motifs is 3. The Bertz CT molecular complexity index is 1070. The Morgan fingerprint density at radius 2 is 1.71 bits per heavy atom. The summed E-state index contributed by atoms with van der Waals surface area (Å²) in [7, 11) is 1.52. The van der Waals surface area contributed by atoms with Gasteiger partial charge in [0.05, 0.1) is 5.92 Å². The number of carbonyl (C=O) groups is 3. The van der Waals surface area contributed by atoms with Gasteiger partial charge in [-0.3, -0.25) is 9.59 Å². The van der Waals surface area contributed by atoms with Gasteiger partial charge in [-0.05, 0) is 35.1 Å². The Labute approximate surface area is 204 Å². The summed E-state index contributed by atoms with van der Waals surface area (Å²) in [4.78, 5) is 36.9. The van der Waals surface area contributed by atoms with Crippen molar-refractivity contribution < 1.29 is 29.0 Å². The van der Waals surface area contributed by atoms with Gasteiger partial charge in [0, 0.05) is 32.1 Å². The molecule has 0 radical (unpaired) electrons. The summed E-state index contributed by atoms with van der Waals surface area (Å²) in [5.41, 5.74) is 4.48. The smallest absolute Gasteiger partial charge is 0.407 e. The molecule has 2 aromatic rings. The van der Waals surface area contributed by atoms with Gasteiger partial charge in [0.15, 0.2) is 0 Å². The van der Waals surface area contributed by atoms with Gasteiger partial charge in [0.25, 0.3) is 0 Å². The summed E-state index contributed by atoms with van der Waals surface area (Å²) in [6, 6.07) is 14.8. The molecule has 8 nitrogen and oxygen atoms in total. The SMILES string of the molecule is COCCC(NC(=O)OCC1c2ccccc2-c2ccccc21)C(=O)N[C@@H]1C=CC[C@@H](C(=O)O)C1. The largest absolute Gasteiger partial charge is 0.481 e. The second-order valence-corrected chi connectivity index (χ2v) is 8.85. The number of nitrogens with one attached hydrogen (secondary N) is 2. The summed E-state index contributed by atoms with van der Waals surface area (Å²) in [5, 5.41) is 14.7. The Kier molecular flexibility index (Phi) is 7.82. The van der Waals surface area contributed by atoms with Crippen LogP contribution in [0.5, 0.6) is 0 Å². The summed E-state index contributed by atoms with van der Waals surface area (Å²) >= 11 is 0. The number of amides is 2. The van der Waals surface area contributed by atoms with E-state index in [-0.39, 0.29) is 25.6 Å². The van der Waals surface area contributed by atoms with Crippen LogP contribution in [0.25, 0.3) is 11.1 Å². The van der Waals surface area contributed by atoms with Crippen LogP contribution in [0.15, 0.2) is 60.7 Å². The predicted molar refractivity (Wildman–Crippen MR) is 130 cm³/mol. The topological polar surface area (TPSA) is 114 Å². The molecule has 0 bridgehead atoms. The van der Waals surface area contributed by atoms with Crippen LogP contribution in [0.3, 0.4) is 0 Å². The molecular weight excluding hydrogens is 448 g/mol. The maximum absolute atomic E-state index is 12.9. The normalized spacial score (nSPS) is 19.3. The van der Waals surface area contributed by atoms with Crippen LogP contribution in [0.1, 0.15) is 36.3 Å². The fourth-order valence-electron chi connectivity index (χ4n) is 4.77. The third-order valence-corrected chi connectivity index (χ3v) is 6.57. The highest BCUT2D eigenvalue weighted by Gasteiger charge is 2.31. The second kappa shape index (κ2) is 11.2. The lowest BCUT2D eigenvalue weighted by molar-refractivity contribution is -0.142. The van der Waals surface area contributed by atoms with Gasteiger partial charge in [-0.2, -0.15) is 0 Å². The van der Waals surface area contributed by atoms with Crippen molar-refractivity contribution in [1.82, 2.24) is 10.6 Å². The highest BCUT2D eigenvalue weighted by Crippen LogP contribution is 2.44. The summed E-state index contributed by atoms with van der Waals surface area (Å²) in [5.74, 6) is -1.92. The third kappa shape index (κ3) is 5.71. The van der Waals surface area contributed by atoms with Crippen LogP contribution in [0.4, 0.5) is 4.79 Å². The maximum Gasteiger partial charge on any atom is 0.407 e. The summed E-state index contributed by atoms with van der Waals surface area (Å²) in [6.45, 7) is 0.407. The van der Waals surface area contributed by atoms with Gasteiger partial charge < -0.3 is 25.2 Å². The molecule has 2 aliphatic rings. The standard InChI is InChI=1S/C27H30N2O6/c1-34-14-13-24(25(30)28-18-8-6-7-17(15-18)26(31)32)29-27(33)35-16-23-21-11-4-2-9-19(21)20-10-3-5-12-22(20)23/h2-6,8-12,17-18,23-24H,7,13-16H2,1H3,(H,28,30)(H,29,33)(H,31,32)/t17-,18-,24?/m1/s1. The van der Waals surface area contributed by atoms with E-state index in [2.05, 4.69) is 22.8 Å². The Balaban J connectivity index is 1.37. The van der Waals surface area contributed by atoms with Crippen molar-refractivity contribution in [3.8, 4) is 11.1 Å². The zero-order chi connectivity index (χ0) is 24.8. The van der Waals surface area contributed by atoms with Gasteiger partial charge in [0.2, 0.25) is 5.91 Å². The van der Waals surface area contributed by atoms with Gasteiger partial charge in [-0.15, -0.1) is 0 Å². The van der Waals surface area contributed by atoms with Crippen LogP contribution in [-0.2, 0) is 19.1 Å². The highest BCUT2D eigenvalue weighted by molar-refractivity contribution is 5.86. The van der Waals surface area contributed by atoms with Crippen molar-refractivity contribution in [2.24, 2.45) is 5.92 Å². The number of carbonyl (C=O) groups excluding carboxylic acids is 2. The lowest BCUT2D eigenvalue weighted by Crippen LogP contribution is -2.50. The van der Waals surface area contributed by atoms with E-state index >= 15 is 0 Å².